The normalized spacial score (nSPS) is 15.2. The molecule has 1 fully saturated rings. The van der Waals surface area contributed by atoms with Gasteiger partial charge < -0.3 is 28.8 Å². The number of aryl methyl sites for hydroxylation is 1. The van der Waals surface area contributed by atoms with Gasteiger partial charge in [-0.2, -0.15) is 0 Å². The molecule has 1 aromatic heterocycles. The molecule has 1 aliphatic rings. The Hall–Kier alpha value is -3.56. The first-order valence-corrected chi connectivity index (χ1v) is 12.1. The van der Waals surface area contributed by atoms with E-state index in [0.29, 0.717) is 42.6 Å². The smallest absolute Gasteiger partial charge is 0.494 e. The van der Waals surface area contributed by atoms with Gasteiger partial charge in [0.05, 0.1) is 6.54 Å². The number of aromatic nitrogens is 1. The molecule has 2 heterocycles. The van der Waals surface area contributed by atoms with Crippen LogP contribution in [0.3, 0.4) is 0 Å². The third kappa shape index (κ3) is 6.81. The molecule has 0 saturated carbocycles. The highest BCUT2D eigenvalue weighted by Gasteiger charge is 2.31. The summed E-state index contributed by atoms with van der Waals surface area (Å²) < 4.78 is 54.4. The number of nitrogens with zero attached hydrogens (tertiary/aromatic N) is 2. The SMILES string of the molecule is Cc1cc(OC2CCN(C(=O)OC(C)(C)C)CC2)cc2cn(Cc3ccc(OC(F)(F)F)cc3)c(O)c12. The van der Waals surface area contributed by atoms with E-state index in [1.165, 1.54) is 24.3 Å². The van der Waals surface area contributed by atoms with Gasteiger partial charge in [-0.1, -0.05) is 12.1 Å². The minimum absolute atomic E-state index is 0.0522. The van der Waals surface area contributed by atoms with Crippen molar-refractivity contribution in [3.63, 3.8) is 0 Å². The summed E-state index contributed by atoms with van der Waals surface area (Å²) in [6.45, 7) is 8.77. The summed E-state index contributed by atoms with van der Waals surface area (Å²) in [6, 6.07) is 9.27. The van der Waals surface area contributed by atoms with E-state index in [1.807, 2.05) is 39.8 Å². The number of ether oxygens (including phenoxy) is 3. The van der Waals surface area contributed by atoms with Crippen molar-refractivity contribution in [1.82, 2.24) is 9.47 Å². The van der Waals surface area contributed by atoms with Crippen molar-refractivity contribution in [2.24, 2.45) is 0 Å². The number of amides is 1. The van der Waals surface area contributed by atoms with Crippen LogP contribution in [0.15, 0.2) is 42.6 Å². The van der Waals surface area contributed by atoms with Crippen molar-refractivity contribution < 1.29 is 37.3 Å². The monoisotopic (exact) mass is 520 g/mol. The molecule has 1 N–H and O–H groups in total. The second-order valence-corrected chi connectivity index (χ2v) is 10.3. The zero-order valence-corrected chi connectivity index (χ0v) is 21.3. The van der Waals surface area contributed by atoms with Gasteiger partial charge in [-0.05, 0) is 63.1 Å². The zero-order valence-electron chi connectivity index (χ0n) is 21.3. The molecule has 7 nitrogen and oxygen atoms in total. The average molecular weight is 521 g/mol. The number of halogens is 3. The quantitative estimate of drug-likeness (QED) is 0.423. The standard InChI is InChI=1S/C27H31F3N2O5/c1-17-13-22(35-20-9-11-31(12-10-20)25(34)37-26(2,3)4)14-19-16-32(24(33)23(17)19)15-18-5-7-21(8-6-18)36-27(28,29)30/h5-8,13-14,16,20,33H,9-12,15H2,1-4H3. The Morgan fingerprint density at radius 3 is 2.30 bits per heavy atom. The number of piperidine rings is 1. The van der Waals surface area contributed by atoms with E-state index in [0.717, 1.165) is 10.9 Å². The van der Waals surface area contributed by atoms with E-state index in [-0.39, 0.29) is 30.4 Å². The molecule has 10 heteroatoms. The van der Waals surface area contributed by atoms with Crippen LogP contribution in [0.1, 0.15) is 44.7 Å². The first kappa shape index (κ1) is 26.5. The van der Waals surface area contributed by atoms with Crippen LogP contribution in [0.2, 0.25) is 0 Å². The van der Waals surface area contributed by atoms with Gasteiger partial charge in [0.25, 0.3) is 0 Å². The van der Waals surface area contributed by atoms with Crippen LogP contribution in [-0.4, -0.2) is 51.8 Å². The van der Waals surface area contributed by atoms with Crippen molar-refractivity contribution in [2.75, 3.05) is 13.1 Å². The van der Waals surface area contributed by atoms with Crippen LogP contribution < -0.4 is 9.47 Å². The minimum atomic E-state index is -4.75. The number of alkyl halides is 3. The largest absolute Gasteiger partial charge is 0.573 e. The zero-order chi connectivity index (χ0) is 27.0. The van der Waals surface area contributed by atoms with Gasteiger partial charge in [0.15, 0.2) is 5.88 Å². The lowest BCUT2D eigenvalue weighted by atomic mass is 10.1. The van der Waals surface area contributed by atoms with Gasteiger partial charge in [0.1, 0.15) is 23.2 Å². The van der Waals surface area contributed by atoms with Gasteiger partial charge in [0, 0.05) is 42.9 Å². The van der Waals surface area contributed by atoms with E-state index in [4.69, 9.17) is 9.47 Å². The number of carbonyl (C=O) groups excluding carboxylic acids is 1. The number of fused-ring (bicyclic) bond motifs is 1. The fourth-order valence-electron chi connectivity index (χ4n) is 4.42. The molecule has 0 aliphatic carbocycles. The third-order valence-corrected chi connectivity index (χ3v) is 6.04. The molecule has 0 unspecified atom stereocenters. The summed E-state index contributed by atoms with van der Waals surface area (Å²) in [4.78, 5) is 14.0. The summed E-state index contributed by atoms with van der Waals surface area (Å²) in [5.41, 5.74) is 1.00. The molecule has 0 spiro atoms. The number of rotatable bonds is 5. The van der Waals surface area contributed by atoms with E-state index in [1.54, 1.807) is 15.7 Å². The Kier molecular flexibility index (Phi) is 7.21. The highest BCUT2D eigenvalue weighted by Crippen LogP contribution is 2.35. The van der Waals surface area contributed by atoms with Gasteiger partial charge in [-0.15, -0.1) is 13.2 Å². The first-order valence-electron chi connectivity index (χ1n) is 12.1. The number of hydrogen-bond acceptors (Lipinski definition) is 5. The summed E-state index contributed by atoms with van der Waals surface area (Å²) in [5, 5.41) is 12.3. The maximum Gasteiger partial charge on any atom is 0.573 e. The topological polar surface area (TPSA) is 73.2 Å². The Morgan fingerprint density at radius 1 is 1.05 bits per heavy atom. The van der Waals surface area contributed by atoms with Crippen molar-refractivity contribution in [2.45, 2.75) is 65.1 Å². The Bertz CT molecular complexity index is 1250. The average Bonchev–Trinajstić information content (AvgIpc) is 3.09. The van der Waals surface area contributed by atoms with Crippen molar-refractivity contribution in [3.05, 3.63) is 53.7 Å². The first-order chi connectivity index (χ1) is 17.3. The Balaban J connectivity index is 1.42. The van der Waals surface area contributed by atoms with Gasteiger partial charge in [-0.25, -0.2) is 4.79 Å². The molecule has 4 rings (SSSR count). The van der Waals surface area contributed by atoms with Crippen LogP contribution in [-0.2, 0) is 11.3 Å². The van der Waals surface area contributed by atoms with E-state index >= 15 is 0 Å². The Labute approximate surface area is 213 Å². The highest BCUT2D eigenvalue weighted by atomic mass is 19.4. The lowest BCUT2D eigenvalue weighted by Crippen LogP contribution is -2.44. The molecular weight excluding hydrogens is 489 g/mol. The number of hydrogen-bond donors (Lipinski definition) is 1. The van der Waals surface area contributed by atoms with Crippen LogP contribution in [0, 0.1) is 6.92 Å². The number of carbonyl (C=O) groups is 1. The molecule has 1 saturated heterocycles. The van der Waals surface area contributed by atoms with Crippen LogP contribution >= 0.6 is 0 Å². The molecule has 1 amide bonds. The van der Waals surface area contributed by atoms with Crippen molar-refractivity contribution in [3.8, 4) is 17.4 Å². The molecule has 37 heavy (non-hydrogen) atoms. The van der Waals surface area contributed by atoms with Crippen LogP contribution in [0.5, 0.6) is 17.4 Å². The summed E-state index contributed by atoms with van der Waals surface area (Å²) in [7, 11) is 0. The van der Waals surface area contributed by atoms with E-state index in [2.05, 4.69) is 4.74 Å². The van der Waals surface area contributed by atoms with Crippen LogP contribution in [0.25, 0.3) is 10.8 Å². The molecule has 0 radical (unpaired) electrons. The van der Waals surface area contributed by atoms with Crippen LogP contribution in [0.4, 0.5) is 18.0 Å². The lowest BCUT2D eigenvalue weighted by Gasteiger charge is -2.33. The molecule has 200 valence electrons. The molecule has 3 aromatic rings. The Morgan fingerprint density at radius 2 is 1.70 bits per heavy atom. The second kappa shape index (κ2) is 10.1. The predicted octanol–water partition coefficient (Wildman–Crippen LogP) is 6.38. The molecular formula is C27H31F3N2O5. The summed E-state index contributed by atoms with van der Waals surface area (Å²) >= 11 is 0. The number of benzene rings is 2. The maximum absolute atomic E-state index is 12.4. The molecule has 0 atom stereocenters. The second-order valence-electron chi connectivity index (χ2n) is 10.3. The third-order valence-electron chi connectivity index (χ3n) is 6.04. The number of likely N-dealkylation sites (tertiary alicyclic amines) is 1. The molecule has 1 aliphatic heterocycles. The van der Waals surface area contributed by atoms with Gasteiger partial charge in [0.2, 0.25) is 0 Å². The lowest BCUT2D eigenvalue weighted by molar-refractivity contribution is -0.274. The van der Waals surface area contributed by atoms with Crippen molar-refractivity contribution >= 4 is 16.9 Å². The van der Waals surface area contributed by atoms with Gasteiger partial charge >= 0.3 is 12.5 Å². The molecule has 2 aromatic carbocycles. The van der Waals surface area contributed by atoms with E-state index < -0.39 is 12.0 Å². The highest BCUT2D eigenvalue weighted by molar-refractivity contribution is 5.92. The van der Waals surface area contributed by atoms with Crippen molar-refractivity contribution in [1.29, 1.82) is 0 Å². The predicted molar refractivity (Wildman–Crippen MR) is 132 cm³/mol. The maximum atomic E-state index is 12.4. The summed E-state index contributed by atoms with van der Waals surface area (Å²) in [5.74, 6) is 0.444. The fourth-order valence-corrected chi connectivity index (χ4v) is 4.42. The molecule has 0 bridgehead atoms. The fraction of sp³-hybridized carbons (Fsp3) is 0.444. The van der Waals surface area contributed by atoms with E-state index in [9.17, 15) is 23.1 Å². The van der Waals surface area contributed by atoms with Gasteiger partial charge in [-0.3, -0.25) is 0 Å². The summed E-state index contributed by atoms with van der Waals surface area (Å²) in [6.07, 6.45) is -1.97. The number of aromatic hydroxyl groups is 1. The minimum Gasteiger partial charge on any atom is -0.494 e.